The fraction of sp³-hybridized carbons (Fsp3) is 0.800. The largest absolute Gasteiger partial charge is 0.549 e. The van der Waals surface area contributed by atoms with Gasteiger partial charge in [0.25, 0.3) is 0 Å². The Labute approximate surface area is 52.7 Å². The van der Waals surface area contributed by atoms with Gasteiger partial charge in [-0.15, -0.1) is 0 Å². The Kier molecular flexibility index (Phi) is 2.61. The zero-order valence-corrected chi connectivity index (χ0v) is 5.13. The average Bonchev–Trinajstić information content (AvgIpc) is 1.86. The standard InChI is InChI=1S/C5H10O4/c1-5(2-6,3-7)4(8)9/h6-7H,2-3H2,1H3,(H,8,9)/p-1. The Morgan fingerprint density at radius 1 is 1.56 bits per heavy atom. The molecule has 0 amide bonds. The summed E-state index contributed by atoms with van der Waals surface area (Å²) >= 11 is 0. The van der Waals surface area contributed by atoms with Gasteiger partial charge in [-0.1, -0.05) is 0 Å². The van der Waals surface area contributed by atoms with Crippen LogP contribution in [0.25, 0.3) is 0 Å². The van der Waals surface area contributed by atoms with Crippen LogP contribution in [0, 0.1) is 5.41 Å². The molecule has 0 rings (SSSR count). The maximum Gasteiger partial charge on any atom is 0.0559 e. The third kappa shape index (κ3) is 1.65. The highest BCUT2D eigenvalue weighted by molar-refractivity contribution is 5.72. The first kappa shape index (κ1) is 8.39. The maximum atomic E-state index is 10.1. The molecule has 0 atom stereocenters. The summed E-state index contributed by atoms with van der Waals surface area (Å²) in [5, 5.41) is 26.8. The van der Waals surface area contributed by atoms with Crippen LogP contribution in [0.1, 0.15) is 6.92 Å². The molecule has 54 valence electrons. The molecule has 0 aromatic heterocycles. The maximum absolute atomic E-state index is 10.1. The molecule has 2 N–H and O–H groups in total. The summed E-state index contributed by atoms with van der Waals surface area (Å²) in [5.74, 6) is -1.44. The minimum Gasteiger partial charge on any atom is -0.549 e. The molecule has 0 aliphatic rings. The molecule has 9 heavy (non-hydrogen) atoms. The van der Waals surface area contributed by atoms with Crippen LogP contribution < -0.4 is 5.11 Å². The third-order valence-electron chi connectivity index (χ3n) is 1.19. The first-order valence-corrected chi connectivity index (χ1v) is 2.50. The molecule has 0 aliphatic carbocycles. The molecular formula is C5H9O4-. The van der Waals surface area contributed by atoms with E-state index in [0.717, 1.165) is 0 Å². The normalized spacial score (nSPS) is 11.4. The Balaban J connectivity index is 4.09. The molecule has 0 saturated carbocycles. The summed E-state index contributed by atoms with van der Waals surface area (Å²) in [7, 11) is 0. The van der Waals surface area contributed by atoms with Crippen LogP contribution in [-0.2, 0) is 4.79 Å². The molecule has 0 unspecified atom stereocenters. The predicted molar refractivity (Wildman–Crippen MR) is 27.3 cm³/mol. The van der Waals surface area contributed by atoms with Crippen LogP contribution in [0.5, 0.6) is 0 Å². The Morgan fingerprint density at radius 3 is 1.89 bits per heavy atom. The van der Waals surface area contributed by atoms with E-state index in [1.165, 1.54) is 6.92 Å². The summed E-state index contributed by atoms with van der Waals surface area (Å²) < 4.78 is 0. The van der Waals surface area contributed by atoms with E-state index in [4.69, 9.17) is 10.2 Å². The van der Waals surface area contributed by atoms with Crippen molar-refractivity contribution in [3.63, 3.8) is 0 Å². The molecule has 0 saturated heterocycles. The lowest BCUT2D eigenvalue weighted by molar-refractivity contribution is -0.321. The quantitative estimate of drug-likeness (QED) is 0.454. The van der Waals surface area contributed by atoms with Gasteiger partial charge in [0, 0.05) is 0 Å². The third-order valence-corrected chi connectivity index (χ3v) is 1.19. The van der Waals surface area contributed by atoms with Crippen molar-refractivity contribution in [1.82, 2.24) is 0 Å². The molecule has 0 heterocycles. The number of carbonyl (C=O) groups is 1. The van der Waals surface area contributed by atoms with E-state index in [-0.39, 0.29) is 0 Å². The lowest BCUT2D eigenvalue weighted by atomic mass is 9.94. The number of hydrogen-bond donors (Lipinski definition) is 2. The summed E-state index contributed by atoms with van der Waals surface area (Å²) in [6, 6.07) is 0. The first-order valence-electron chi connectivity index (χ1n) is 2.50. The van der Waals surface area contributed by atoms with Crippen molar-refractivity contribution >= 4 is 5.97 Å². The van der Waals surface area contributed by atoms with Gasteiger partial charge in [-0.3, -0.25) is 0 Å². The van der Waals surface area contributed by atoms with Crippen LogP contribution in [0.4, 0.5) is 0 Å². The van der Waals surface area contributed by atoms with Crippen molar-refractivity contribution in [3.05, 3.63) is 0 Å². The summed E-state index contributed by atoms with van der Waals surface area (Å²) in [4.78, 5) is 10.1. The van der Waals surface area contributed by atoms with E-state index in [0.29, 0.717) is 0 Å². The van der Waals surface area contributed by atoms with E-state index in [2.05, 4.69) is 0 Å². The van der Waals surface area contributed by atoms with Crippen LogP contribution in [0.15, 0.2) is 0 Å². The number of aliphatic hydroxyl groups is 2. The monoisotopic (exact) mass is 133 g/mol. The van der Waals surface area contributed by atoms with Gasteiger partial charge in [0.15, 0.2) is 0 Å². The topological polar surface area (TPSA) is 80.6 Å². The number of carboxylic acids is 1. The second-order valence-corrected chi connectivity index (χ2v) is 2.16. The van der Waals surface area contributed by atoms with Crippen LogP contribution in [0.2, 0.25) is 0 Å². The highest BCUT2D eigenvalue weighted by Gasteiger charge is 2.23. The number of aliphatic hydroxyl groups excluding tert-OH is 2. The fourth-order valence-electron chi connectivity index (χ4n) is 0.179. The highest BCUT2D eigenvalue weighted by Crippen LogP contribution is 2.11. The Bertz CT molecular complexity index is 106. The van der Waals surface area contributed by atoms with Crippen molar-refractivity contribution in [2.24, 2.45) is 5.41 Å². The summed E-state index contributed by atoms with van der Waals surface area (Å²) in [6.07, 6.45) is 0. The summed E-state index contributed by atoms with van der Waals surface area (Å²) in [6.45, 7) is -0.000000000000000666. The van der Waals surface area contributed by atoms with Gasteiger partial charge >= 0.3 is 0 Å². The molecule has 0 aromatic carbocycles. The first-order chi connectivity index (χ1) is 4.06. The van der Waals surface area contributed by atoms with Gasteiger partial charge in [0.1, 0.15) is 0 Å². The van der Waals surface area contributed by atoms with Crippen molar-refractivity contribution in [2.75, 3.05) is 13.2 Å². The van der Waals surface area contributed by atoms with E-state index < -0.39 is 24.6 Å². The van der Waals surface area contributed by atoms with E-state index in [1.807, 2.05) is 0 Å². The van der Waals surface area contributed by atoms with Crippen molar-refractivity contribution < 1.29 is 20.1 Å². The van der Waals surface area contributed by atoms with E-state index >= 15 is 0 Å². The molecular weight excluding hydrogens is 124 g/mol. The van der Waals surface area contributed by atoms with Crippen molar-refractivity contribution in [1.29, 1.82) is 0 Å². The lowest BCUT2D eigenvalue weighted by Gasteiger charge is -2.24. The Hall–Kier alpha value is -0.610. The molecule has 0 aromatic rings. The van der Waals surface area contributed by atoms with Gasteiger partial charge in [0.05, 0.1) is 24.6 Å². The second-order valence-electron chi connectivity index (χ2n) is 2.16. The number of hydrogen-bond acceptors (Lipinski definition) is 4. The molecule has 4 heteroatoms. The highest BCUT2D eigenvalue weighted by atomic mass is 16.4. The average molecular weight is 133 g/mol. The Morgan fingerprint density at radius 2 is 1.89 bits per heavy atom. The molecule has 0 spiro atoms. The van der Waals surface area contributed by atoms with Crippen LogP contribution in [-0.4, -0.2) is 29.4 Å². The van der Waals surface area contributed by atoms with Gasteiger partial charge in [-0.05, 0) is 6.92 Å². The predicted octanol–water partition coefficient (Wildman–Crippen LogP) is -2.27. The number of aliphatic carboxylic acids is 1. The van der Waals surface area contributed by atoms with Gasteiger partial charge in [0.2, 0.25) is 0 Å². The van der Waals surface area contributed by atoms with Crippen molar-refractivity contribution in [3.8, 4) is 0 Å². The van der Waals surface area contributed by atoms with Crippen molar-refractivity contribution in [2.45, 2.75) is 6.92 Å². The molecule has 0 aliphatic heterocycles. The molecule has 0 radical (unpaired) electrons. The van der Waals surface area contributed by atoms with E-state index in [9.17, 15) is 9.90 Å². The number of carbonyl (C=O) groups excluding carboxylic acids is 1. The second kappa shape index (κ2) is 2.80. The van der Waals surface area contributed by atoms with Crippen LogP contribution >= 0.6 is 0 Å². The summed E-state index contributed by atoms with van der Waals surface area (Å²) in [5.41, 5.74) is -1.50. The fourth-order valence-corrected chi connectivity index (χ4v) is 0.179. The minimum atomic E-state index is -1.50. The van der Waals surface area contributed by atoms with Gasteiger partial charge < -0.3 is 20.1 Å². The molecule has 0 bridgehead atoms. The van der Waals surface area contributed by atoms with Gasteiger partial charge in [-0.25, -0.2) is 0 Å². The van der Waals surface area contributed by atoms with Crippen LogP contribution in [0.3, 0.4) is 0 Å². The van der Waals surface area contributed by atoms with Gasteiger partial charge in [-0.2, -0.15) is 0 Å². The zero-order valence-electron chi connectivity index (χ0n) is 5.13. The van der Waals surface area contributed by atoms with E-state index in [1.54, 1.807) is 0 Å². The minimum absolute atomic E-state index is 0.605. The smallest absolute Gasteiger partial charge is 0.0559 e. The molecule has 4 nitrogen and oxygen atoms in total. The molecule has 0 fully saturated rings. The number of carboxylic acid groups (broad SMARTS) is 1. The zero-order chi connectivity index (χ0) is 7.49. The lowest BCUT2D eigenvalue weighted by Crippen LogP contribution is -2.45. The number of rotatable bonds is 3. The SMILES string of the molecule is CC(CO)(CO)C(=O)[O-].